The molecule has 3 aromatic rings. The number of nitrogens with zero attached hydrogens (tertiary/aromatic N) is 2. The number of anilines is 1. The van der Waals surface area contributed by atoms with E-state index in [2.05, 4.69) is 41.0 Å². The van der Waals surface area contributed by atoms with Crippen LogP contribution in [0.2, 0.25) is 0 Å². The second-order valence-corrected chi connectivity index (χ2v) is 7.37. The number of ether oxygens (including phenoxy) is 1. The fraction of sp³-hybridized carbons (Fsp3) is 0.348. The average molecular weight is 378 g/mol. The van der Waals surface area contributed by atoms with E-state index < -0.39 is 0 Å². The van der Waals surface area contributed by atoms with Crippen LogP contribution in [0.1, 0.15) is 11.1 Å². The summed E-state index contributed by atoms with van der Waals surface area (Å²) < 4.78 is 11.2. The van der Waals surface area contributed by atoms with Crippen LogP contribution in [0.4, 0.5) is 5.69 Å². The van der Waals surface area contributed by atoms with Gasteiger partial charge in [0.2, 0.25) is 0 Å². The summed E-state index contributed by atoms with van der Waals surface area (Å²) in [5.74, 6) is 0.736. The molecule has 1 fully saturated rings. The summed E-state index contributed by atoms with van der Waals surface area (Å²) in [7, 11) is 0. The molecule has 0 N–H and O–H groups in total. The van der Waals surface area contributed by atoms with Crippen molar-refractivity contribution in [2.75, 3.05) is 44.2 Å². The van der Waals surface area contributed by atoms with Gasteiger partial charge in [0.15, 0.2) is 0 Å². The van der Waals surface area contributed by atoms with Gasteiger partial charge in [0, 0.05) is 55.9 Å². The number of fused-ring (bicyclic) bond motifs is 1. The highest BCUT2D eigenvalue weighted by Gasteiger charge is 2.18. The monoisotopic (exact) mass is 378 g/mol. The number of benzene rings is 2. The molecular formula is C23H26N2O3. The molecule has 0 bridgehead atoms. The molecule has 1 aliphatic heterocycles. The van der Waals surface area contributed by atoms with E-state index in [1.165, 1.54) is 17.3 Å². The Morgan fingerprint density at radius 2 is 1.75 bits per heavy atom. The fourth-order valence-electron chi connectivity index (χ4n) is 3.82. The lowest BCUT2D eigenvalue weighted by molar-refractivity contribution is 0.200. The van der Waals surface area contributed by atoms with Gasteiger partial charge >= 0.3 is 5.63 Å². The first-order valence-electron chi connectivity index (χ1n) is 9.80. The first-order valence-corrected chi connectivity index (χ1v) is 9.80. The molecule has 0 radical (unpaired) electrons. The van der Waals surface area contributed by atoms with Gasteiger partial charge in [-0.2, -0.15) is 0 Å². The molecule has 4 rings (SSSR count). The summed E-state index contributed by atoms with van der Waals surface area (Å²) in [6, 6.07) is 15.8. The highest BCUT2D eigenvalue weighted by atomic mass is 16.5. The molecule has 0 unspecified atom stereocenters. The molecule has 0 atom stereocenters. The standard InChI is InChI=1S/C23H26N2O3/c1-17-5-3-4-6-21(17)25-11-9-24(10-12-25)13-14-27-19-7-8-20-18(2)15-23(26)28-22(20)16-19/h3-8,15-16H,9-14H2,1-2H3. The third kappa shape index (κ3) is 4.04. The molecule has 1 saturated heterocycles. The van der Waals surface area contributed by atoms with Crippen LogP contribution in [0.5, 0.6) is 5.75 Å². The van der Waals surface area contributed by atoms with Crippen molar-refractivity contribution in [1.82, 2.24) is 4.90 Å². The SMILES string of the molecule is Cc1ccccc1N1CCN(CCOc2ccc3c(C)cc(=O)oc3c2)CC1. The maximum Gasteiger partial charge on any atom is 0.336 e. The first-order chi connectivity index (χ1) is 13.6. The van der Waals surface area contributed by atoms with E-state index in [4.69, 9.17) is 9.15 Å². The van der Waals surface area contributed by atoms with Crippen LogP contribution in [0.3, 0.4) is 0 Å². The van der Waals surface area contributed by atoms with Crippen LogP contribution in [-0.2, 0) is 0 Å². The van der Waals surface area contributed by atoms with Crippen molar-refractivity contribution in [2.45, 2.75) is 13.8 Å². The first kappa shape index (κ1) is 18.6. The highest BCUT2D eigenvalue weighted by Crippen LogP contribution is 2.23. The largest absolute Gasteiger partial charge is 0.492 e. The number of hydrogen-bond acceptors (Lipinski definition) is 5. The van der Waals surface area contributed by atoms with Gasteiger partial charge in [-0.05, 0) is 43.2 Å². The lowest BCUT2D eigenvalue weighted by atomic mass is 10.1. The van der Waals surface area contributed by atoms with Gasteiger partial charge in [0.25, 0.3) is 0 Å². The quantitative estimate of drug-likeness (QED) is 0.635. The van der Waals surface area contributed by atoms with E-state index in [1.54, 1.807) is 6.07 Å². The summed E-state index contributed by atoms with van der Waals surface area (Å²) in [6.07, 6.45) is 0. The summed E-state index contributed by atoms with van der Waals surface area (Å²) in [5.41, 5.74) is 3.84. The van der Waals surface area contributed by atoms with Gasteiger partial charge in [-0.25, -0.2) is 4.79 Å². The van der Waals surface area contributed by atoms with E-state index in [0.29, 0.717) is 12.2 Å². The number of hydrogen-bond donors (Lipinski definition) is 0. The molecule has 5 nitrogen and oxygen atoms in total. The normalized spacial score (nSPS) is 15.1. The minimum Gasteiger partial charge on any atom is -0.492 e. The molecule has 28 heavy (non-hydrogen) atoms. The van der Waals surface area contributed by atoms with E-state index in [-0.39, 0.29) is 5.63 Å². The van der Waals surface area contributed by atoms with Crippen molar-refractivity contribution in [3.63, 3.8) is 0 Å². The van der Waals surface area contributed by atoms with Gasteiger partial charge in [-0.15, -0.1) is 0 Å². The summed E-state index contributed by atoms with van der Waals surface area (Å²) >= 11 is 0. The Labute approximate surface area is 165 Å². The van der Waals surface area contributed by atoms with E-state index in [1.807, 2.05) is 19.1 Å². The summed E-state index contributed by atoms with van der Waals surface area (Å²) in [6.45, 7) is 9.71. The third-order valence-corrected chi connectivity index (χ3v) is 5.43. The smallest absolute Gasteiger partial charge is 0.336 e. The van der Waals surface area contributed by atoms with Crippen LogP contribution in [0.25, 0.3) is 11.0 Å². The third-order valence-electron chi connectivity index (χ3n) is 5.43. The maximum atomic E-state index is 11.6. The van der Waals surface area contributed by atoms with Crippen LogP contribution in [0.15, 0.2) is 57.7 Å². The van der Waals surface area contributed by atoms with Gasteiger partial charge in [-0.3, -0.25) is 4.90 Å². The van der Waals surface area contributed by atoms with Crippen LogP contribution >= 0.6 is 0 Å². The zero-order chi connectivity index (χ0) is 19.5. The lowest BCUT2D eigenvalue weighted by Gasteiger charge is -2.36. The van der Waals surface area contributed by atoms with Gasteiger partial charge in [0.05, 0.1) is 0 Å². The van der Waals surface area contributed by atoms with Crippen molar-refractivity contribution in [3.05, 3.63) is 70.1 Å². The fourth-order valence-corrected chi connectivity index (χ4v) is 3.82. The molecular weight excluding hydrogens is 352 g/mol. The molecule has 0 saturated carbocycles. The Bertz CT molecular complexity index is 1020. The van der Waals surface area contributed by atoms with Crippen molar-refractivity contribution in [3.8, 4) is 5.75 Å². The van der Waals surface area contributed by atoms with Gasteiger partial charge in [-0.1, -0.05) is 18.2 Å². The zero-order valence-electron chi connectivity index (χ0n) is 16.5. The minimum atomic E-state index is -0.325. The molecule has 0 aliphatic carbocycles. The topological polar surface area (TPSA) is 45.9 Å². The van der Waals surface area contributed by atoms with Crippen LogP contribution < -0.4 is 15.3 Å². The van der Waals surface area contributed by atoms with E-state index in [9.17, 15) is 4.79 Å². The number of para-hydroxylation sites is 1. The molecule has 1 aliphatic rings. The predicted molar refractivity (Wildman–Crippen MR) is 113 cm³/mol. The molecule has 5 heteroatoms. The molecule has 1 aromatic heterocycles. The average Bonchev–Trinajstić information content (AvgIpc) is 2.69. The summed E-state index contributed by atoms with van der Waals surface area (Å²) in [5, 5.41) is 0.944. The Balaban J connectivity index is 1.30. The number of aryl methyl sites for hydroxylation is 2. The van der Waals surface area contributed by atoms with Crippen LogP contribution in [-0.4, -0.2) is 44.2 Å². The molecule has 2 heterocycles. The second-order valence-electron chi connectivity index (χ2n) is 7.37. The molecule has 0 spiro atoms. The Hall–Kier alpha value is -2.79. The molecule has 2 aromatic carbocycles. The number of piperazine rings is 1. The lowest BCUT2D eigenvalue weighted by Crippen LogP contribution is -2.47. The van der Waals surface area contributed by atoms with Gasteiger partial charge in [0.1, 0.15) is 17.9 Å². The van der Waals surface area contributed by atoms with Gasteiger partial charge < -0.3 is 14.1 Å². The predicted octanol–water partition coefficient (Wildman–Crippen LogP) is 3.61. The van der Waals surface area contributed by atoms with Crippen molar-refractivity contribution in [1.29, 1.82) is 0 Å². The van der Waals surface area contributed by atoms with Crippen molar-refractivity contribution in [2.24, 2.45) is 0 Å². The second kappa shape index (κ2) is 8.07. The van der Waals surface area contributed by atoms with Crippen LogP contribution in [0, 0.1) is 13.8 Å². The summed E-state index contributed by atoms with van der Waals surface area (Å²) in [4.78, 5) is 16.5. The minimum absolute atomic E-state index is 0.325. The van der Waals surface area contributed by atoms with Crippen molar-refractivity contribution < 1.29 is 9.15 Å². The Morgan fingerprint density at radius 3 is 2.54 bits per heavy atom. The molecule has 0 amide bonds. The highest BCUT2D eigenvalue weighted by molar-refractivity contribution is 5.81. The van der Waals surface area contributed by atoms with E-state index >= 15 is 0 Å². The van der Waals surface area contributed by atoms with Crippen molar-refractivity contribution >= 4 is 16.7 Å². The number of rotatable bonds is 5. The molecule has 146 valence electrons. The maximum absolute atomic E-state index is 11.6. The Morgan fingerprint density at radius 1 is 0.964 bits per heavy atom. The van der Waals surface area contributed by atoms with E-state index in [0.717, 1.165) is 49.4 Å². The Kier molecular flexibility index (Phi) is 5.35. The zero-order valence-corrected chi connectivity index (χ0v) is 16.5.